The molecule has 3 saturated carbocycles. The molecule has 0 saturated heterocycles. The molecule has 4 atom stereocenters. The van der Waals surface area contributed by atoms with E-state index in [4.69, 9.17) is 4.74 Å². The zero-order valence-corrected chi connectivity index (χ0v) is 19.2. The first-order chi connectivity index (χ1) is 15.9. The number of halogens is 4. The Morgan fingerprint density at radius 1 is 0.848 bits per heavy atom. The predicted octanol–water partition coefficient (Wildman–Crippen LogP) is 7.52. The lowest BCUT2D eigenvalue weighted by atomic mass is 9.61. The monoisotopic (exact) mass is 470 g/mol. The van der Waals surface area contributed by atoms with E-state index < -0.39 is 35.7 Å². The van der Waals surface area contributed by atoms with Gasteiger partial charge in [-0.25, -0.2) is 0 Å². The maximum absolute atomic E-state index is 14.2. The highest BCUT2D eigenvalue weighted by molar-refractivity contribution is 5.75. The van der Waals surface area contributed by atoms with Crippen LogP contribution >= 0.6 is 0 Å². The van der Waals surface area contributed by atoms with Crippen molar-refractivity contribution in [2.75, 3.05) is 0 Å². The Bertz CT molecular complexity index is 822. The molecule has 0 radical (unpaired) electrons. The fraction of sp³-hybridized carbons (Fsp3) is 0.731. The van der Waals surface area contributed by atoms with Crippen LogP contribution in [0.1, 0.15) is 77.6 Å². The van der Waals surface area contributed by atoms with Gasteiger partial charge < -0.3 is 9.47 Å². The number of benzene rings is 1. The predicted molar refractivity (Wildman–Crippen MR) is 116 cm³/mol. The molecule has 3 aliphatic carbocycles. The molecule has 0 N–H and O–H groups in total. The quantitative estimate of drug-likeness (QED) is 0.245. The number of alkyl halides is 2. The summed E-state index contributed by atoms with van der Waals surface area (Å²) >= 11 is 0. The first-order valence-corrected chi connectivity index (χ1v) is 12.5. The largest absolute Gasteiger partial charge is 0.432 e. The molecule has 0 aromatic heterocycles. The SMILES string of the molecule is CCC1CCC2CC(C3CCC(C(=O)Oc4ccc(OC(F)F)c(F)c4F)CC3)CCC2C1. The maximum Gasteiger partial charge on any atom is 0.387 e. The van der Waals surface area contributed by atoms with Crippen LogP contribution in [0.2, 0.25) is 0 Å². The third kappa shape index (κ3) is 5.65. The van der Waals surface area contributed by atoms with E-state index in [0.717, 1.165) is 48.6 Å². The van der Waals surface area contributed by atoms with Crippen molar-refractivity contribution in [3.8, 4) is 11.5 Å². The van der Waals surface area contributed by atoms with Crippen LogP contribution in [-0.4, -0.2) is 12.6 Å². The van der Waals surface area contributed by atoms with Gasteiger partial charge in [-0.05, 0) is 99.5 Å². The van der Waals surface area contributed by atoms with Crippen molar-refractivity contribution in [2.24, 2.45) is 35.5 Å². The molecule has 7 heteroatoms. The summed E-state index contributed by atoms with van der Waals surface area (Å²) < 4.78 is 61.6. The maximum atomic E-state index is 14.2. The molecule has 3 fully saturated rings. The third-order valence-electron chi connectivity index (χ3n) is 8.55. The molecule has 4 rings (SSSR count). The summed E-state index contributed by atoms with van der Waals surface area (Å²) in [4.78, 5) is 12.6. The highest BCUT2D eigenvalue weighted by atomic mass is 19.3. The number of rotatable bonds is 6. The van der Waals surface area contributed by atoms with Crippen LogP contribution in [0.15, 0.2) is 12.1 Å². The van der Waals surface area contributed by atoms with Gasteiger partial charge in [-0.15, -0.1) is 0 Å². The number of hydrogen-bond donors (Lipinski definition) is 0. The standard InChI is InChI=1S/C26H34F4O3/c1-2-15-3-4-20-14-19(10-9-18(20)13-15)16-5-7-17(8-6-16)25(31)32-21-11-12-22(33-26(29)30)24(28)23(21)27/h11-12,15-20,26H,2-10,13-14H2,1H3. The van der Waals surface area contributed by atoms with E-state index in [1.165, 1.54) is 44.9 Å². The molecule has 0 heterocycles. The molecule has 3 nitrogen and oxygen atoms in total. The van der Waals surface area contributed by atoms with E-state index in [1.54, 1.807) is 0 Å². The van der Waals surface area contributed by atoms with Crippen LogP contribution in [0.3, 0.4) is 0 Å². The summed E-state index contributed by atoms with van der Waals surface area (Å²) in [6.45, 7) is -0.967. The van der Waals surface area contributed by atoms with Gasteiger partial charge in [-0.3, -0.25) is 4.79 Å². The molecular formula is C26H34F4O3. The van der Waals surface area contributed by atoms with Crippen LogP contribution in [0.25, 0.3) is 0 Å². The minimum absolute atomic E-state index is 0.350. The molecule has 33 heavy (non-hydrogen) atoms. The zero-order valence-electron chi connectivity index (χ0n) is 19.2. The lowest BCUT2D eigenvalue weighted by molar-refractivity contribution is -0.140. The summed E-state index contributed by atoms with van der Waals surface area (Å²) in [5.41, 5.74) is 0. The van der Waals surface area contributed by atoms with Crippen LogP contribution < -0.4 is 9.47 Å². The van der Waals surface area contributed by atoms with Gasteiger partial charge in [0.05, 0.1) is 5.92 Å². The van der Waals surface area contributed by atoms with E-state index in [1.807, 2.05) is 0 Å². The molecule has 0 spiro atoms. The van der Waals surface area contributed by atoms with Crippen LogP contribution in [-0.2, 0) is 4.79 Å². The second-order valence-corrected chi connectivity index (χ2v) is 10.3. The van der Waals surface area contributed by atoms with E-state index in [2.05, 4.69) is 11.7 Å². The highest BCUT2D eigenvalue weighted by Gasteiger charge is 2.39. The van der Waals surface area contributed by atoms with Crippen molar-refractivity contribution in [3.05, 3.63) is 23.8 Å². The number of carbonyl (C=O) groups excluding carboxylic acids is 1. The smallest absolute Gasteiger partial charge is 0.387 e. The van der Waals surface area contributed by atoms with Crippen molar-refractivity contribution in [1.82, 2.24) is 0 Å². The average molecular weight is 471 g/mol. The number of hydrogen-bond acceptors (Lipinski definition) is 3. The van der Waals surface area contributed by atoms with Crippen molar-refractivity contribution in [2.45, 2.75) is 84.2 Å². The molecule has 4 unspecified atom stereocenters. The first kappa shape index (κ1) is 24.3. The Balaban J connectivity index is 1.27. The Kier molecular flexibility index (Phi) is 7.85. The van der Waals surface area contributed by atoms with Gasteiger partial charge in [0.1, 0.15) is 0 Å². The minimum atomic E-state index is -3.27. The van der Waals surface area contributed by atoms with Crippen molar-refractivity contribution in [1.29, 1.82) is 0 Å². The fourth-order valence-electron chi connectivity index (χ4n) is 6.62. The molecule has 0 bridgehead atoms. The lowest BCUT2D eigenvalue weighted by Gasteiger charge is -2.45. The summed E-state index contributed by atoms with van der Waals surface area (Å²) in [5.74, 6) is -1.50. The van der Waals surface area contributed by atoms with Crippen molar-refractivity contribution in [3.63, 3.8) is 0 Å². The van der Waals surface area contributed by atoms with Gasteiger partial charge >= 0.3 is 12.6 Å². The minimum Gasteiger partial charge on any atom is -0.432 e. The third-order valence-corrected chi connectivity index (χ3v) is 8.55. The number of ether oxygens (including phenoxy) is 2. The van der Waals surface area contributed by atoms with Gasteiger partial charge in [0, 0.05) is 0 Å². The zero-order chi connectivity index (χ0) is 23.5. The van der Waals surface area contributed by atoms with E-state index >= 15 is 0 Å². The molecule has 0 aliphatic heterocycles. The molecule has 184 valence electrons. The van der Waals surface area contributed by atoms with Gasteiger partial charge in [0.2, 0.25) is 11.6 Å². The summed E-state index contributed by atoms with van der Waals surface area (Å²) in [5, 5.41) is 0. The Labute approximate surface area is 193 Å². The van der Waals surface area contributed by atoms with Crippen molar-refractivity contribution < 1.29 is 31.8 Å². The fourth-order valence-corrected chi connectivity index (χ4v) is 6.62. The Hall–Kier alpha value is -1.79. The average Bonchev–Trinajstić information content (AvgIpc) is 2.83. The molecule has 3 aliphatic rings. The van der Waals surface area contributed by atoms with Gasteiger partial charge in [-0.1, -0.05) is 19.8 Å². The highest BCUT2D eigenvalue weighted by Crippen LogP contribution is 2.49. The molecule has 1 aromatic rings. The second-order valence-electron chi connectivity index (χ2n) is 10.3. The normalized spacial score (nSPS) is 32.3. The van der Waals surface area contributed by atoms with Gasteiger partial charge in [0.15, 0.2) is 11.5 Å². The molecule has 1 aromatic carbocycles. The van der Waals surface area contributed by atoms with Gasteiger partial charge in [-0.2, -0.15) is 17.6 Å². The number of esters is 1. The Morgan fingerprint density at radius 3 is 2.06 bits per heavy atom. The first-order valence-electron chi connectivity index (χ1n) is 12.5. The van der Waals surface area contributed by atoms with E-state index in [9.17, 15) is 22.4 Å². The van der Waals surface area contributed by atoms with E-state index in [-0.39, 0.29) is 5.92 Å². The van der Waals surface area contributed by atoms with Crippen molar-refractivity contribution >= 4 is 5.97 Å². The number of fused-ring (bicyclic) bond motifs is 1. The summed E-state index contributed by atoms with van der Waals surface area (Å²) in [6.07, 6.45) is 12.7. The number of carbonyl (C=O) groups is 1. The van der Waals surface area contributed by atoms with Crippen LogP contribution in [0, 0.1) is 47.1 Å². The summed E-state index contributed by atoms with van der Waals surface area (Å²) in [6, 6.07) is 1.79. The van der Waals surface area contributed by atoms with E-state index in [0.29, 0.717) is 18.8 Å². The molecule has 0 amide bonds. The lowest BCUT2D eigenvalue weighted by Crippen LogP contribution is -2.35. The van der Waals surface area contributed by atoms with Crippen LogP contribution in [0.4, 0.5) is 17.6 Å². The van der Waals surface area contributed by atoms with Crippen LogP contribution in [0.5, 0.6) is 11.5 Å². The topological polar surface area (TPSA) is 35.5 Å². The Morgan fingerprint density at radius 2 is 1.39 bits per heavy atom. The molecular weight excluding hydrogens is 436 g/mol. The second kappa shape index (κ2) is 10.6. The van der Waals surface area contributed by atoms with Gasteiger partial charge in [0.25, 0.3) is 0 Å². The summed E-state index contributed by atoms with van der Waals surface area (Å²) in [7, 11) is 0.